The van der Waals surface area contributed by atoms with Crippen molar-refractivity contribution in [1.29, 1.82) is 0 Å². The molecule has 1 aromatic rings. The van der Waals surface area contributed by atoms with Crippen molar-refractivity contribution in [3.8, 4) is 0 Å². The van der Waals surface area contributed by atoms with Crippen molar-refractivity contribution in [3.05, 3.63) is 33.8 Å². The molecule has 0 aliphatic heterocycles. The van der Waals surface area contributed by atoms with Gasteiger partial charge < -0.3 is 0 Å². The first-order valence-electron chi connectivity index (χ1n) is 5.38. The number of hydrogen-bond donors (Lipinski definition) is 0. The summed E-state index contributed by atoms with van der Waals surface area (Å²) in [4.78, 5) is 0. The van der Waals surface area contributed by atoms with E-state index in [-0.39, 0.29) is 5.38 Å². The lowest BCUT2D eigenvalue weighted by atomic mass is 9.94. The number of aryl methyl sites for hydroxylation is 2. The van der Waals surface area contributed by atoms with Crippen molar-refractivity contribution >= 4 is 23.2 Å². The van der Waals surface area contributed by atoms with Gasteiger partial charge >= 0.3 is 0 Å². The summed E-state index contributed by atoms with van der Waals surface area (Å²) in [7, 11) is 0. The molecule has 1 rings (SSSR count). The largest absolute Gasteiger partial charge is 0.118 e. The number of rotatable bonds is 3. The highest BCUT2D eigenvalue weighted by molar-refractivity contribution is 6.31. The quantitative estimate of drug-likeness (QED) is 0.635. The normalized spacial score (nSPS) is 15.1. The van der Waals surface area contributed by atoms with Crippen LogP contribution in [0.25, 0.3) is 0 Å². The molecule has 1 aromatic carbocycles. The van der Waals surface area contributed by atoms with Crippen molar-refractivity contribution in [1.82, 2.24) is 0 Å². The van der Waals surface area contributed by atoms with Gasteiger partial charge in [-0.3, -0.25) is 0 Å². The third-order valence-electron chi connectivity index (χ3n) is 2.99. The lowest BCUT2D eigenvalue weighted by molar-refractivity contribution is 0.541. The maximum atomic E-state index is 6.44. The summed E-state index contributed by atoms with van der Waals surface area (Å²) in [6.07, 6.45) is 1.09. The Balaban J connectivity index is 3.09. The minimum atomic E-state index is 0.0889. The molecule has 0 aromatic heterocycles. The molecular formula is C13H18Cl2. The molecule has 2 heteroatoms. The molecule has 0 spiro atoms. The van der Waals surface area contributed by atoms with Gasteiger partial charge in [-0.15, -0.1) is 11.6 Å². The van der Waals surface area contributed by atoms with Crippen LogP contribution in [0, 0.1) is 19.8 Å². The van der Waals surface area contributed by atoms with Crippen LogP contribution < -0.4 is 0 Å². The van der Waals surface area contributed by atoms with E-state index in [1.807, 2.05) is 13.0 Å². The van der Waals surface area contributed by atoms with E-state index in [2.05, 4.69) is 26.8 Å². The fraction of sp³-hybridized carbons (Fsp3) is 0.538. The number of alkyl halides is 1. The van der Waals surface area contributed by atoms with Gasteiger partial charge in [0.1, 0.15) is 0 Å². The predicted molar refractivity (Wildman–Crippen MR) is 69.0 cm³/mol. The number of benzene rings is 1. The Morgan fingerprint density at radius 2 is 1.80 bits per heavy atom. The first-order valence-corrected chi connectivity index (χ1v) is 6.19. The molecule has 0 saturated heterocycles. The Morgan fingerprint density at radius 3 is 2.33 bits per heavy atom. The molecule has 2 atom stereocenters. The lowest BCUT2D eigenvalue weighted by Gasteiger charge is -2.19. The smallest absolute Gasteiger partial charge is 0.0613 e. The standard InChI is InChI=1S/C13H18Cl2/c1-5-8(2)13(15)11-6-10(4)12(14)7-9(11)3/h6-8,13H,5H2,1-4H3. The van der Waals surface area contributed by atoms with Crippen LogP contribution in [-0.4, -0.2) is 0 Å². The van der Waals surface area contributed by atoms with Crippen molar-refractivity contribution in [2.45, 2.75) is 39.5 Å². The van der Waals surface area contributed by atoms with E-state index in [0.29, 0.717) is 5.92 Å². The van der Waals surface area contributed by atoms with E-state index >= 15 is 0 Å². The second kappa shape index (κ2) is 5.23. The first kappa shape index (κ1) is 12.9. The number of hydrogen-bond acceptors (Lipinski definition) is 0. The van der Waals surface area contributed by atoms with Crippen molar-refractivity contribution < 1.29 is 0 Å². The Labute approximate surface area is 103 Å². The Kier molecular flexibility index (Phi) is 4.48. The van der Waals surface area contributed by atoms with E-state index in [1.165, 1.54) is 11.1 Å². The summed E-state index contributed by atoms with van der Waals surface area (Å²) in [6.45, 7) is 8.43. The summed E-state index contributed by atoms with van der Waals surface area (Å²) >= 11 is 12.5. The van der Waals surface area contributed by atoms with Crippen molar-refractivity contribution in [3.63, 3.8) is 0 Å². The molecule has 0 heterocycles. The van der Waals surface area contributed by atoms with Gasteiger partial charge in [0.05, 0.1) is 5.38 Å². The molecule has 0 radical (unpaired) electrons. The zero-order valence-electron chi connectivity index (χ0n) is 9.77. The van der Waals surface area contributed by atoms with E-state index in [9.17, 15) is 0 Å². The van der Waals surface area contributed by atoms with Crippen LogP contribution in [0.3, 0.4) is 0 Å². The lowest BCUT2D eigenvalue weighted by Crippen LogP contribution is -2.05. The molecule has 0 saturated carbocycles. The molecule has 84 valence electrons. The van der Waals surface area contributed by atoms with E-state index in [0.717, 1.165) is 17.0 Å². The van der Waals surface area contributed by atoms with Gasteiger partial charge in [0, 0.05) is 5.02 Å². The highest BCUT2D eigenvalue weighted by atomic mass is 35.5. The average molecular weight is 245 g/mol. The minimum absolute atomic E-state index is 0.0889. The van der Waals surface area contributed by atoms with Gasteiger partial charge in [-0.05, 0) is 42.5 Å². The third kappa shape index (κ3) is 2.89. The van der Waals surface area contributed by atoms with Crippen molar-refractivity contribution in [2.75, 3.05) is 0 Å². The van der Waals surface area contributed by atoms with Crippen LogP contribution in [0.2, 0.25) is 5.02 Å². The summed E-state index contributed by atoms with van der Waals surface area (Å²) < 4.78 is 0. The van der Waals surface area contributed by atoms with Gasteiger partial charge in [-0.2, -0.15) is 0 Å². The fourth-order valence-corrected chi connectivity index (χ4v) is 2.25. The Hall–Kier alpha value is -0.200. The molecule has 0 N–H and O–H groups in total. The Bertz CT molecular complexity index is 345. The van der Waals surface area contributed by atoms with Crippen LogP contribution in [-0.2, 0) is 0 Å². The summed E-state index contributed by atoms with van der Waals surface area (Å²) in [6, 6.07) is 4.12. The maximum Gasteiger partial charge on any atom is 0.0613 e. The maximum absolute atomic E-state index is 6.44. The topological polar surface area (TPSA) is 0 Å². The van der Waals surface area contributed by atoms with Crippen LogP contribution in [0.4, 0.5) is 0 Å². The van der Waals surface area contributed by atoms with E-state index in [4.69, 9.17) is 23.2 Å². The molecule has 15 heavy (non-hydrogen) atoms. The molecule has 0 amide bonds. The molecular weight excluding hydrogens is 227 g/mol. The molecule has 0 nitrogen and oxygen atoms in total. The predicted octanol–water partition coefficient (Wildman–Crippen LogP) is 5.28. The fourth-order valence-electron chi connectivity index (χ4n) is 1.61. The highest BCUT2D eigenvalue weighted by Gasteiger charge is 2.17. The highest BCUT2D eigenvalue weighted by Crippen LogP contribution is 2.34. The third-order valence-corrected chi connectivity index (χ3v) is 4.06. The van der Waals surface area contributed by atoms with Gasteiger partial charge in [0.2, 0.25) is 0 Å². The molecule has 0 fully saturated rings. The second-order valence-electron chi connectivity index (χ2n) is 4.25. The van der Waals surface area contributed by atoms with Gasteiger partial charge in [0.15, 0.2) is 0 Å². The number of halogens is 2. The Morgan fingerprint density at radius 1 is 1.20 bits per heavy atom. The SMILES string of the molecule is CCC(C)C(Cl)c1cc(C)c(Cl)cc1C. The van der Waals surface area contributed by atoms with Crippen LogP contribution in [0.5, 0.6) is 0 Å². The zero-order valence-corrected chi connectivity index (χ0v) is 11.3. The average Bonchev–Trinajstić information content (AvgIpc) is 2.21. The van der Waals surface area contributed by atoms with E-state index in [1.54, 1.807) is 0 Å². The van der Waals surface area contributed by atoms with Gasteiger partial charge in [0.25, 0.3) is 0 Å². The van der Waals surface area contributed by atoms with Gasteiger partial charge in [-0.1, -0.05) is 37.9 Å². The molecule has 0 bridgehead atoms. The zero-order chi connectivity index (χ0) is 11.6. The molecule has 2 unspecified atom stereocenters. The second-order valence-corrected chi connectivity index (χ2v) is 5.12. The van der Waals surface area contributed by atoms with Crippen LogP contribution in [0.1, 0.15) is 42.3 Å². The van der Waals surface area contributed by atoms with Gasteiger partial charge in [-0.25, -0.2) is 0 Å². The monoisotopic (exact) mass is 244 g/mol. The van der Waals surface area contributed by atoms with Crippen molar-refractivity contribution in [2.24, 2.45) is 5.92 Å². The summed E-state index contributed by atoms with van der Waals surface area (Å²) in [5, 5.41) is 0.912. The van der Waals surface area contributed by atoms with E-state index < -0.39 is 0 Å². The first-order chi connectivity index (χ1) is 6.97. The summed E-state index contributed by atoms with van der Waals surface area (Å²) in [5.41, 5.74) is 3.50. The van der Waals surface area contributed by atoms with Crippen LogP contribution in [0.15, 0.2) is 12.1 Å². The minimum Gasteiger partial charge on any atom is -0.118 e. The summed E-state index contributed by atoms with van der Waals surface area (Å²) in [5.74, 6) is 0.492. The van der Waals surface area contributed by atoms with Crippen LogP contribution >= 0.6 is 23.2 Å². The molecule has 0 aliphatic rings. The molecule has 0 aliphatic carbocycles.